The molecule has 0 N–H and O–H groups in total. The summed E-state index contributed by atoms with van der Waals surface area (Å²) in [6.45, 7) is 1.99. The number of nitrogens with zero attached hydrogens (tertiary/aromatic N) is 2. The summed E-state index contributed by atoms with van der Waals surface area (Å²) in [6.07, 6.45) is 5.65. The van der Waals surface area contributed by atoms with Crippen LogP contribution in [-0.4, -0.2) is 9.55 Å². The second kappa shape index (κ2) is 3.44. The molecule has 16 heavy (non-hydrogen) atoms. The molecule has 1 aliphatic heterocycles. The minimum Gasteiger partial charge on any atom is -0.303 e. The fourth-order valence-corrected chi connectivity index (χ4v) is 2.33. The van der Waals surface area contributed by atoms with E-state index in [4.69, 9.17) is 0 Å². The van der Waals surface area contributed by atoms with Crippen molar-refractivity contribution in [2.24, 2.45) is 0 Å². The highest BCUT2D eigenvalue weighted by Gasteiger charge is 2.19. The third kappa shape index (κ3) is 1.28. The Morgan fingerprint density at radius 3 is 3.06 bits per heavy atom. The summed E-state index contributed by atoms with van der Waals surface area (Å²) < 4.78 is 15.2. The maximum absolute atomic E-state index is 13.1. The highest BCUT2D eigenvalue weighted by atomic mass is 19.1. The van der Waals surface area contributed by atoms with Crippen LogP contribution in [0.2, 0.25) is 0 Å². The number of imidazole rings is 1. The van der Waals surface area contributed by atoms with E-state index in [1.165, 1.54) is 11.8 Å². The lowest BCUT2D eigenvalue weighted by Gasteiger charge is -2.19. The molecule has 2 aromatic rings. The van der Waals surface area contributed by atoms with E-state index in [1.54, 1.807) is 6.07 Å². The predicted octanol–water partition coefficient (Wildman–Crippen LogP) is 2.68. The van der Waals surface area contributed by atoms with Crippen LogP contribution >= 0.6 is 0 Å². The SMILES string of the molecule is C[CH]c1ncn2c1CCc1cc(F)ccc1-2. The van der Waals surface area contributed by atoms with Crippen LogP contribution in [0.15, 0.2) is 24.5 Å². The van der Waals surface area contributed by atoms with Gasteiger partial charge in [-0.25, -0.2) is 9.37 Å². The Kier molecular flexibility index (Phi) is 2.06. The van der Waals surface area contributed by atoms with Crippen molar-refractivity contribution in [1.29, 1.82) is 0 Å². The molecule has 0 spiro atoms. The summed E-state index contributed by atoms with van der Waals surface area (Å²) >= 11 is 0. The lowest BCUT2D eigenvalue weighted by molar-refractivity contribution is 0.622. The van der Waals surface area contributed by atoms with Crippen molar-refractivity contribution < 1.29 is 4.39 Å². The molecule has 1 aliphatic rings. The summed E-state index contributed by atoms with van der Waals surface area (Å²) in [7, 11) is 0. The summed E-state index contributed by atoms with van der Waals surface area (Å²) in [6, 6.07) is 4.95. The van der Waals surface area contributed by atoms with E-state index in [0.717, 1.165) is 29.8 Å². The highest BCUT2D eigenvalue weighted by molar-refractivity contribution is 5.47. The van der Waals surface area contributed by atoms with E-state index >= 15 is 0 Å². The maximum atomic E-state index is 13.1. The van der Waals surface area contributed by atoms with E-state index < -0.39 is 0 Å². The third-order valence-electron chi connectivity index (χ3n) is 3.10. The van der Waals surface area contributed by atoms with Gasteiger partial charge in [0.2, 0.25) is 0 Å². The minimum absolute atomic E-state index is 0.162. The van der Waals surface area contributed by atoms with Gasteiger partial charge in [0.15, 0.2) is 0 Å². The number of aromatic nitrogens is 2. The molecule has 0 saturated carbocycles. The fraction of sp³-hybridized carbons (Fsp3) is 0.231. The van der Waals surface area contributed by atoms with Crippen molar-refractivity contribution in [2.75, 3.05) is 0 Å². The molecule has 0 atom stereocenters. The Balaban J connectivity index is 2.20. The Morgan fingerprint density at radius 1 is 1.38 bits per heavy atom. The Labute approximate surface area is 93.7 Å². The summed E-state index contributed by atoms with van der Waals surface area (Å²) in [5.74, 6) is -0.162. The molecule has 2 nitrogen and oxygen atoms in total. The molecule has 0 aliphatic carbocycles. The molecular weight excluding hydrogens is 203 g/mol. The highest BCUT2D eigenvalue weighted by Crippen LogP contribution is 2.27. The normalized spacial score (nSPS) is 13.4. The van der Waals surface area contributed by atoms with Crippen molar-refractivity contribution in [1.82, 2.24) is 9.55 Å². The van der Waals surface area contributed by atoms with Gasteiger partial charge >= 0.3 is 0 Å². The molecule has 1 aromatic carbocycles. The molecule has 0 bridgehead atoms. The number of fused-ring (bicyclic) bond motifs is 3. The number of halogens is 1. The summed E-state index contributed by atoms with van der Waals surface area (Å²) in [5, 5.41) is 0. The summed E-state index contributed by atoms with van der Waals surface area (Å²) in [4.78, 5) is 4.35. The molecule has 0 saturated heterocycles. The molecule has 0 unspecified atom stereocenters. The number of rotatable bonds is 1. The van der Waals surface area contributed by atoms with Gasteiger partial charge in [-0.05, 0) is 36.6 Å². The zero-order valence-corrected chi connectivity index (χ0v) is 9.07. The van der Waals surface area contributed by atoms with Gasteiger partial charge in [0.25, 0.3) is 0 Å². The zero-order valence-electron chi connectivity index (χ0n) is 9.07. The molecule has 81 valence electrons. The zero-order chi connectivity index (χ0) is 11.1. The second-order valence-corrected chi connectivity index (χ2v) is 4.01. The molecule has 1 aromatic heterocycles. The van der Waals surface area contributed by atoms with Crippen LogP contribution in [-0.2, 0) is 12.8 Å². The first-order valence-corrected chi connectivity index (χ1v) is 5.44. The van der Waals surface area contributed by atoms with E-state index in [0.29, 0.717) is 0 Å². The van der Waals surface area contributed by atoms with Crippen molar-refractivity contribution in [3.8, 4) is 5.69 Å². The van der Waals surface area contributed by atoms with Crippen LogP contribution in [0.25, 0.3) is 5.69 Å². The molecule has 0 amide bonds. The van der Waals surface area contributed by atoms with Crippen molar-refractivity contribution in [2.45, 2.75) is 19.8 Å². The van der Waals surface area contributed by atoms with Gasteiger partial charge in [0.1, 0.15) is 5.82 Å². The number of benzene rings is 1. The van der Waals surface area contributed by atoms with Gasteiger partial charge in [0.05, 0.1) is 17.7 Å². The van der Waals surface area contributed by atoms with Crippen LogP contribution in [0.5, 0.6) is 0 Å². The van der Waals surface area contributed by atoms with Gasteiger partial charge in [0, 0.05) is 12.1 Å². The van der Waals surface area contributed by atoms with Crippen molar-refractivity contribution >= 4 is 0 Å². The largest absolute Gasteiger partial charge is 0.303 e. The van der Waals surface area contributed by atoms with Crippen LogP contribution in [0.1, 0.15) is 23.9 Å². The second-order valence-electron chi connectivity index (χ2n) is 4.01. The van der Waals surface area contributed by atoms with Crippen LogP contribution in [0.3, 0.4) is 0 Å². The molecule has 3 heteroatoms. The first kappa shape index (κ1) is 9.58. The van der Waals surface area contributed by atoms with Crippen LogP contribution < -0.4 is 0 Å². The van der Waals surface area contributed by atoms with Crippen LogP contribution in [0, 0.1) is 12.2 Å². The minimum atomic E-state index is -0.162. The summed E-state index contributed by atoms with van der Waals surface area (Å²) in [5.41, 5.74) is 4.38. The Hall–Kier alpha value is -1.64. The molecular formula is C13H12FN2. The first-order chi connectivity index (χ1) is 7.79. The molecule has 2 heterocycles. The number of hydrogen-bond donors (Lipinski definition) is 0. The number of aryl methyl sites for hydroxylation is 1. The average molecular weight is 215 g/mol. The van der Waals surface area contributed by atoms with Gasteiger partial charge in [-0.1, -0.05) is 6.92 Å². The Morgan fingerprint density at radius 2 is 2.25 bits per heavy atom. The number of hydrogen-bond acceptors (Lipinski definition) is 1. The topological polar surface area (TPSA) is 17.8 Å². The predicted molar refractivity (Wildman–Crippen MR) is 60.0 cm³/mol. The molecule has 3 rings (SSSR count). The monoisotopic (exact) mass is 215 g/mol. The van der Waals surface area contributed by atoms with E-state index in [1.807, 2.05) is 25.7 Å². The first-order valence-electron chi connectivity index (χ1n) is 5.44. The third-order valence-corrected chi connectivity index (χ3v) is 3.10. The lowest BCUT2D eigenvalue weighted by Crippen LogP contribution is -2.12. The Bertz CT molecular complexity index is 543. The van der Waals surface area contributed by atoms with E-state index in [-0.39, 0.29) is 5.82 Å². The van der Waals surface area contributed by atoms with Crippen molar-refractivity contribution in [3.05, 3.63) is 53.7 Å². The van der Waals surface area contributed by atoms with Crippen LogP contribution in [0.4, 0.5) is 4.39 Å². The average Bonchev–Trinajstić information content (AvgIpc) is 2.71. The van der Waals surface area contributed by atoms with Crippen molar-refractivity contribution in [3.63, 3.8) is 0 Å². The smallest absolute Gasteiger partial charge is 0.123 e. The van der Waals surface area contributed by atoms with Gasteiger partial charge < -0.3 is 4.57 Å². The quantitative estimate of drug-likeness (QED) is 0.715. The van der Waals surface area contributed by atoms with E-state index in [2.05, 4.69) is 9.55 Å². The van der Waals surface area contributed by atoms with Gasteiger partial charge in [-0.15, -0.1) is 0 Å². The molecule has 1 radical (unpaired) electrons. The fourth-order valence-electron chi connectivity index (χ4n) is 2.33. The maximum Gasteiger partial charge on any atom is 0.123 e. The van der Waals surface area contributed by atoms with Gasteiger partial charge in [-0.3, -0.25) is 0 Å². The van der Waals surface area contributed by atoms with E-state index in [9.17, 15) is 4.39 Å². The standard InChI is InChI=1S/C13H12FN2/c1-2-11-13-5-3-9-7-10(14)4-6-12(9)16(13)8-15-11/h2,4,6-8H,3,5H2,1H3. The molecule has 0 fully saturated rings. The van der Waals surface area contributed by atoms with Gasteiger partial charge in [-0.2, -0.15) is 0 Å². The lowest BCUT2D eigenvalue weighted by atomic mass is 10.00.